The summed E-state index contributed by atoms with van der Waals surface area (Å²) in [4.78, 5) is 26.1. The van der Waals surface area contributed by atoms with Gasteiger partial charge >= 0.3 is 5.97 Å². The zero-order chi connectivity index (χ0) is 15.7. The third kappa shape index (κ3) is 2.83. The number of thioether (sulfide) groups is 1. The molecule has 0 N–H and O–H groups in total. The van der Waals surface area contributed by atoms with Crippen molar-refractivity contribution in [2.75, 3.05) is 20.2 Å². The highest BCUT2D eigenvalue weighted by Crippen LogP contribution is 2.37. The Morgan fingerprint density at radius 2 is 2.18 bits per heavy atom. The van der Waals surface area contributed by atoms with Crippen LogP contribution in [0.1, 0.15) is 23.6 Å². The Morgan fingerprint density at radius 1 is 1.41 bits per heavy atom. The number of hydrogen-bond acceptors (Lipinski definition) is 5. The molecule has 2 aliphatic heterocycles. The monoisotopic (exact) mass is 317 g/mol. The minimum Gasteiger partial charge on any atom is -0.468 e. The Kier molecular flexibility index (Phi) is 4.36. The first-order valence-corrected chi connectivity index (χ1v) is 8.26. The van der Waals surface area contributed by atoms with Crippen LogP contribution in [0.3, 0.4) is 0 Å². The molecule has 0 spiro atoms. The van der Waals surface area contributed by atoms with E-state index in [0.717, 1.165) is 29.7 Å². The lowest BCUT2D eigenvalue weighted by atomic mass is 9.96. The van der Waals surface area contributed by atoms with Crippen molar-refractivity contribution in [1.29, 1.82) is 0 Å². The quantitative estimate of drug-likeness (QED) is 0.802. The highest BCUT2D eigenvalue weighted by atomic mass is 32.2. The summed E-state index contributed by atoms with van der Waals surface area (Å²) in [5.74, 6) is -0.245. The Morgan fingerprint density at radius 3 is 2.91 bits per heavy atom. The van der Waals surface area contributed by atoms with Crippen LogP contribution >= 0.6 is 11.8 Å². The van der Waals surface area contributed by atoms with E-state index < -0.39 is 6.04 Å². The molecule has 5 heteroatoms. The number of ether oxygens (including phenoxy) is 1. The predicted molar refractivity (Wildman–Crippen MR) is 86.6 cm³/mol. The minimum atomic E-state index is -0.409. The van der Waals surface area contributed by atoms with Crippen molar-refractivity contribution >= 4 is 22.8 Å². The molecule has 0 aliphatic carbocycles. The number of methoxy groups -OCH3 is 1. The van der Waals surface area contributed by atoms with Crippen LogP contribution in [0.15, 0.2) is 35.9 Å². The van der Waals surface area contributed by atoms with E-state index in [0.29, 0.717) is 11.8 Å². The van der Waals surface area contributed by atoms with E-state index in [1.54, 1.807) is 6.08 Å². The van der Waals surface area contributed by atoms with Crippen molar-refractivity contribution in [3.8, 4) is 0 Å². The van der Waals surface area contributed by atoms with Gasteiger partial charge in [-0.15, -0.1) is 0 Å². The van der Waals surface area contributed by atoms with Gasteiger partial charge in [0.15, 0.2) is 0 Å². The molecule has 1 saturated heterocycles. The van der Waals surface area contributed by atoms with Gasteiger partial charge in [-0.2, -0.15) is 0 Å². The van der Waals surface area contributed by atoms with Gasteiger partial charge in [0.2, 0.25) is 5.12 Å². The Labute approximate surface area is 134 Å². The van der Waals surface area contributed by atoms with Crippen molar-refractivity contribution in [1.82, 2.24) is 4.90 Å². The van der Waals surface area contributed by atoms with Crippen LogP contribution in [0.5, 0.6) is 0 Å². The van der Waals surface area contributed by atoms with Crippen LogP contribution in [-0.2, 0) is 14.3 Å². The molecular weight excluding hydrogens is 298 g/mol. The van der Waals surface area contributed by atoms with Crippen molar-refractivity contribution in [3.63, 3.8) is 0 Å². The van der Waals surface area contributed by atoms with Gasteiger partial charge in [-0.25, -0.2) is 4.79 Å². The summed E-state index contributed by atoms with van der Waals surface area (Å²) in [6, 6.07) is 7.49. The van der Waals surface area contributed by atoms with Gasteiger partial charge in [-0.3, -0.25) is 9.69 Å². The van der Waals surface area contributed by atoms with Crippen LogP contribution < -0.4 is 0 Å². The van der Waals surface area contributed by atoms with Gasteiger partial charge in [0.25, 0.3) is 0 Å². The Balaban J connectivity index is 1.91. The topological polar surface area (TPSA) is 46.6 Å². The van der Waals surface area contributed by atoms with E-state index in [1.165, 1.54) is 18.9 Å². The van der Waals surface area contributed by atoms with E-state index in [9.17, 15) is 9.59 Å². The molecule has 2 atom stereocenters. The maximum absolute atomic E-state index is 12.4. The first-order chi connectivity index (χ1) is 10.6. The molecule has 116 valence electrons. The zero-order valence-corrected chi connectivity index (χ0v) is 13.6. The molecule has 0 saturated carbocycles. The largest absolute Gasteiger partial charge is 0.468 e. The first kappa shape index (κ1) is 15.3. The highest BCUT2D eigenvalue weighted by Gasteiger charge is 2.37. The van der Waals surface area contributed by atoms with Crippen LogP contribution in [0.4, 0.5) is 0 Å². The number of carbonyl (C=O) groups excluding carboxylic acids is 2. The van der Waals surface area contributed by atoms with Crippen molar-refractivity contribution in [2.24, 2.45) is 0 Å². The van der Waals surface area contributed by atoms with Gasteiger partial charge in [-0.05, 0) is 36.1 Å². The third-order valence-electron chi connectivity index (χ3n) is 4.31. The molecule has 1 aromatic rings. The van der Waals surface area contributed by atoms with E-state index >= 15 is 0 Å². The fraction of sp³-hybridized carbons (Fsp3) is 0.412. The summed E-state index contributed by atoms with van der Waals surface area (Å²) >= 11 is 1.40. The first-order valence-electron chi connectivity index (χ1n) is 7.38. The van der Waals surface area contributed by atoms with E-state index in [-0.39, 0.29) is 11.1 Å². The number of hydrogen-bond donors (Lipinski definition) is 0. The van der Waals surface area contributed by atoms with Gasteiger partial charge in [0.05, 0.1) is 7.11 Å². The molecule has 2 unspecified atom stereocenters. The average Bonchev–Trinajstić information content (AvgIpc) is 2.88. The van der Waals surface area contributed by atoms with Crippen LogP contribution in [0, 0.1) is 6.92 Å². The number of carbonyl (C=O) groups is 2. The summed E-state index contributed by atoms with van der Waals surface area (Å²) in [5, 5.41) is 0.422. The second-order valence-electron chi connectivity index (χ2n) is 5.69. The van der Waals surface area contributed by atoms with Gasteiger partial charge in [0, 0.05) is 18.3 Å². The van der Waals surface area contributed by atoms with Crippen LogP contribution in [0.2, 0.25) is 0 Å². The molecule has 2 heterocycles. The fourth-order valence-electron chi connectivity index (χ4n) is 3.18. The lowest BCUT2D eigenvalue weighted by molar-refractivity contribution is -0.147. The van der Waals surface area contributed by atoms with Crippen LogP contribution in [-0.4, -0.2) is 41.4 Å². The molecule has 0 radical (unpaired) electrons. The maximum atomic E-state index is 12.4. The summed E-state index contributed by atoms with van der Waals surface area (Å²) in [6.07, 6.45) is 2.62. The summed E-state index contributed by atoms with van der Waals surface area (Å²) in [7, 11) is 1.43. The van der Waals surface area contributed by atoms with Crippen molar-refractivity contribution in [3.05, 3.63) is 47.0 Å². The Bertz CT molecular complexity index is 641. The zero-order valence-electron chi connectivity index (χ0n) is 12.7. The normalized spacial score (nSPS) is 22.9. The second-order valence-corrected chi connectivity index (χ2v) is 6.89. The molecular formula is C17H19NO3S. The minimum absolute atomic E-state index is 0.132. The SMILES string of the molecule is COC(=O)C(c1ccccc1C)N1CCC2SC(=O)C=C2C1. The standard InChI is InChI=1S/C17H19NO3S/c1-11-5-3-4-6-13(11)16(17(20)21-2)18-8-7-14-12(10-18)9-15(19)22-14/h3-6,9,14,16H,7-8,10H2,1-2H3. The highest BCUT2D eigenvalue weighted by molar-refractivity contribution is 8.15. The lowest BCUT2D eigenvalue weighted by Gasteiger charge is -2.36. The lowest BCUT2D eigenvalue weighted by Crippen LogP contribution is -2.42. The number of piperidine rings is 1. The van der Waals surface area contributed by atoms with Crippen LogP contribution in [0.25, 0.3) is 0 Å². The summed E-state index contributed by atoms with van der Waals surface area (Å²) in [6.45, 7) is 3.44. The molecule has 0 amide bonds. The average molecular weight is 317 g/mol. The molecule has 1 fully saturated rings. The summed E-state index contributed by atoms with van der Waals surface area (Å²) in [5.41, 5.74) is 3.18. The molecule has 22 heavy (non-hydrogen) atoms. The number of rotatable bonds is 3. The van der Waals surface area contributed by atoms with Gasteiger partial charge in [-0.1, -0.05) is 36.0 Å². The van der Waals surface area contributed by atoms with Crippen molar-refractivity contribution < 1.29 is 14.3 Å². The number of fused-ring (bicyclic) bond motifs is 1. The molecule has 3 rings (SSSR count). The molecule has 0 aromatic heterocycles. The number of likely N-dealkylation sites (tertiary alicyclic amines) is 1. The molecule has 2 aliphatic rings. The molecule has 4 nitrogen and oxygen atoms in total. The third-order valence-corrected chi connectivity index (χ3v) is 5.49. The number of benzene rings is 1. The van der Waals surface area contributed by atoms with Gasteiger partial charge < -0.3 is 4.74 Å². The summed E-state index contributed by atoms with van der Waals surface area (Å²) < 4.78 is 5.04. The Hall–Kier alpha value is -1.59. The van der Waals surface area contributed by atoms with Crippen molar-refractivity contribution in [2.45, 2.75) is 24.6 Å². The number of esters is 1. The predicted octanol–water partition coefficient (Wildman–Crippen LogP) is 2.48. The van der Waals surface area contributed by atoms with E-state index in [1.807, 2.05) is 31.2 Å². The molecule has 0 bridgehead atoms. The van der Waals surface area contributed by atoms with E-state index in [2.05, 4.69) is 4.90 Å². The number of aryl methyl sites for hydroxylation is 1. The molecule has 1 aromatic carbocycles. The maximum Gasteiger partial charge on any atom is 0.327 e. The number of nitrogens with zero attached hydrogens (tertiary/aromatic N) is 1. The smallest absolute Gasteiger partial charge is 0.327 e. The van der Waals surface area contributed by atoms with Gasteiger partial charge in [0.1, 0.15) is 6.04 Å². The second kappa shape index (κ2) is 6.26. The fourth-order valence-corrected chi connectivity index (χ4v) is 4.20. The van der Waals surface area contributed by atoms with E-state index in [4.69, 9.17) is 4.74 Å².